The molecule has 2 nitrogen and oxygen atoms in total. The number of para-hydroxylation sites is 1. The van der Waals surface area contributed by atoms with Crippen molar-refractivity contribution in [2.75, 3.05) is 0 Å². The van der Waals surface area contributed by atoms with E-state index in [4.69, 9.17) is 16.0 Å². The van der Waals surface area contributed by atoms with E-state index in [2.05, 4.69) is 0 Å². The molecule has 0 aliphatic heterocycles. The van der Waals surface area contributed by atoms with Crippen molar-refractivity contribution in [1.82, 2.24) is 0 Å². The molecule has 0 amide bonds. The van der Waals surface area contributed by atoms with E-state index in [0.29, 0.717) is 5.02 Å². The third-order valence-corrected chi connectivity index (χ3v) is 4.16. The van der Waals surface area contributed by atoms with Gasteiger partial charge in [0.1, 0.15) is 17.3 Å². The Morgan fingerprint density at radius 2 is 1.45 bits per heavy atom. The summed E-state index contributed by atoms with van der Waals surface area (Å²) in [7, 11) is 0. The van der Waals surface area contributed by atoms with Crippen LogP contribution in [0.4, 0.5) is 0 Å². The molecule has 1 heterocycles. The quantitative estimate of drug-likeness (QED) is 0.543. The van der Waals surface area contributed by atoms with Gasteiger partial charge < -0.3 is 9.52 Å². The minimum Gasteiger partial charge on any atom is -0.456 e. The minimum absolute atomic E-state index is 0.656. The van der Waals surface area contributed by atoms with Crippen LogP contribution in [0.2, 0.25) is 5.02 Å². The predicted molar refractivity (Wildman–Crippen MR) is 89.2 cm³/mol. The Morgan fingerprint density at radius 3 is 2.27 bits per heavy atom. The first-order valence-electron chi connectivity index (χ1n) is 7.07. The van der Waals surface area contributed by atoms with Gasteiger partial charge in [0, 0.05) is 15.8 Å². The summed E-state index contributed by atoms with van der Waals surface area (Å²) < 4.78 is 5.87. The lowest BCUT2D eigenvalue weighted by molar-refractivity contribution is 0.220. The highest BCUT2D eigenvalue weighted by Crippen LogP contribution is 2.32. The van der Waals surface area contributed by atoms with Crippen molar-refractivity contribution in [3.05, 3.63) is 82.9 Å². The highest BCUT2D eigenvalue weighted by molar-refractivity contribution is 6.30. The fourth-order valence-electron chi connectivity index (χ4n) is 2.75. The van der Waals surface area contributed by atoms with Gasteiger partial charge in [0.2, 0.25) is 0 Å². The Balaban J connectivity index is 1.81. The first-order chi connectivity index (χ1) is 10.7. The van der Waals surface area contributed by atoms with Gasteiger partial charge in [0.15, 0.2) is 0 Å². The standard InChI is InChI=1S/C19H13ClO2/c20-14-8-5-12(6-9-14)19(21)13-7-10-16-15-3-1-2-4-17(15)22-18(16)11-13/h1-11,19,21H/t19-/m1/s1. The molecule has 0 radical (unpaired) electrons. The number of rotatable bonds is 2. The number of aliphatic hydroxyl groups excluding tert-OH is 1. The van der Waals surface area contributed by atoms with Crippen molar-refractivity contribution in [2.45, 2.75) is 6.10 Å². The van der Waals surface area contributed by atoms with Crippen LogP contribution in [0.25, 0.3) is 21.9 Å². The van der Waals surface area contributed by atoms with Crippen molar-refractivity contribution < 1.29 is 9.52 Å². The van der Waals surface area contributed by atoms with Crippen LogP contribution < -0.4 is 0 Å². The molecule has 0 unspecified atom stereocenters. The van der Waals surface area contributed by atoms with E-state index >= 15 is 0 Å². The smallest absolute Gasteiger partial charge is 0.135 e. The summed E-state index contributed by atoms with van der Waals surface area (Å²) in [6.07, 6.45) is -0.699. The molecule has 4 rings (SSSR count). The average Bonchev–Trinajstić information content (AvgIpc) is 2.92. The number of hydrogen-bond acceptors (Lipinski definition) is 2. The highest BCUT2D eigenvalue weighted by Gasteiger charge is 2.13. The Hall–Kier alpha value is -2.29. The predicted octanol–water partition coefficient (Wildman–Crippen LogP) is 5.32. The van der Waals surface area contributed by atoms with Crippen LogP contribution in [0, 0.1) is 0 Å². The van der Waals surface area contributed by atoms with E-state index in [-0.39, 0.29) is 0 Å². The number of hydrogen-bond donors (Lipinski definition) is 1. The monoisotopic (exact) mass is 308 g/mol. The van der Waals surface area contributed by atoms with Gasteiger partial charge in [-0.1, -0.05) is 54.1 Å². The van der Waals surface area contributed by atoms with Crippen LogP contribution in [0.5, 0.6) is 0 Å². The summed E-state index contributed by atoms with van der Waals surface area (Å²) >= 11 is 5.89. The van der Waals surface area contributed by atoms with Gasteiger partial charge in [-0.3, -0.25) is 0 Å². The number of furan rings is 1. The molecule has 1 atom stereocenters. The van der Waals surface area contributed by atoms with Gasteiger partial charge in [0.25, 0.3) is 0 Å². The third-order valence-electron chi connectivity index (χ3n) is 3.90. The van der Waals surface area contributed by atoms with Gasteiger partial charge in [-0.05, 0) is 35.4 Å². The molecule has 1 N–H and O–H groups in total. The number of halogens is 1. The molecule has 1 aromatic heterocycles. The molecular weight excluding hydrogens is 296 g/mol. The van der Waals surface area contributed by atoms with E-state index in [1.807, 2.05) is 54.6 Å². The van der Waals surface area contributed by atoms with E-state index in [9.17, 15) is 5.11 Å². The van der Waals surface area contributed by atoms with Crippen molar-refractivity contribution in [2.24, 2.45) is 0 Å². The zero-order chi connectivity index (χ0) is 15.1. The number of fused-ring (bicyclic) bond motifs is 3. The lowest BCUT2D eigenvalue weighted by atomic mass is 10.0. The zero-order valence-electron chi connectivity index (χ0n) is 11.7. The highest BCUT2D eigenvalue weighted by atomic mass is 35.5. The Morgan fingerprint density at radius 1 is 0.773 bits per heavy atom. The largest absolute Gasteiger partial charge is 0.456 e. The number of aliphatic hydroxyl groups is 1. The molecule has 0 spiro atoms. The lowest BCUT2D eigenvalue weighted by Crippen LogP contribution is -1.98. The zero-order valence-corrected chi connectivity index (χ0v) is 12.4. The maximum atomic E-state index is 10.5. The fraction of sp³-hybridized carbons (Fsp3) is 0.0526. The molecule has 0 aliphatic carbocycles. The van der Waals surface area contributed by atoms with Crippen LogP contribution in [0.15, 0.2) is 71.1 Å². The summed E-state index contributed by atoms with van der Waals surface area (Å²) in [6, 6.07) is 21.0. The third kappa shape index (κ3) is 2.17. The summed E-state index contributed by atoms with van der Waals surface area (Å²) in [5.74, 6) is 0. The summed E-state index contributed by atoms with van der Waals surface area (Å²) in [4.78, 5) is 0. The van der Waals surface area contributed by atoms with Crippen molar-refractivity contribution >= 4 is 33.5 Å². The Labute approximate surface area is 132 Å². The molecule has 3 heteroatoms. The van der Waals surface area contributed by atoms with Crippen molar-refractivity contribution in [1.29, 1.82) is 0 Å². The second-order valence-corrected chi connectivity index (χ2v) is 5.74. The molecule has 0 fully saturated rings. The maximum absolute atomic E-state index is 10.5. The molecule has 0 bridgehead atoms. The van der Waals surface area contributed by atoms with E-state index < -0.39 is 6.10 Å². The SMILES string of the molecule is O[C@H](c1ccc(Cl)cc1)c1ccc2c(c1)oc1ccccc12. The molecule has 0 aliphatic rings. The van der Waals surface area contributed by atoms with Gasteiger partial charge in [-0.25, -0.2) is 0 Å². The minimum atomic E-state index is -0.699. The molecule has 108 valence electrons. The normalized spacial score (nSPS) is 12.8. The topological polar surface area (TPSA) is 33.4 Å². The maximum Gasteiger partial charge on any atom is 0.135 e. The van der Waals surface area contributed by atoms with E-state index in [0.717, 1.165) is 33.1 Å². The molecule has 0 saturated heterocycles. The second-order valence-electron chi connectivity index (χ2n) is 5.31. The lowest BCUT2D eigenvalue weighted by Gasteiger charge is -2.11. The Bertz CT molecular complexity index is 954. The molecule has 0 saturated carbocycles. The van der Waals surface area contributed by atoms with E-state index in [1.54, 1.807) is 12.1 Å². The average molecular weight is 309 g/mol. The van der Waals surface area contributed by atoms with Crippen LogP contribution in [-0.2, 0) is 0 Å². The van der Waals surface area contributed by atoms with Crippen molar-refractivity contribution in [3.8, 4) is 0 Å². The molecule has 4 aromatic rings. The van der Waals surface area contributed by atoms with Crippen LogP contribution in [0.1, 0.15) is 17.2 Å². The summed E-state index contributed by atoms with van der Waals surface area (Å²) in [5, 5.41) is 13.3. The molecular formula is C19H13ClO2. The molecule has 3 aromatic carbocycles. The first-order valence-corrected chi connectivity index (χ1v) is 7.45. The van der Waals surface area contributed by atoms with Gasteiger partial charge >= 0.3 is 0 Å². The fourth-order valence-corrected chi connectivity index (χ4v) is 2.88. The molecule has 22 heavy (non-hydrogen) atoms. The van der Waals surface area contributed by atoms with E-state index in [1.165, 1.54) is 0 Å². The van der Waals surface area contributed by atoms with Crippen LogP contribution in [0.3, 0.4) is 0 Å². The van der Waals surface area contributed by atoms with Crippen LogP contribution >= 0.6 is 11.6 Å². The first kappa shape index (κ1) is 13.4. The summed E-state index contributed by atoms with van der Waals surface area (Å²) in [5.41, 5.74) is 3.25. The number of benzene rings is 3. The second kappa shape index (κ2) is 5.16. The Kier molecular flexibility index (Phi) is 3.14. The van der Waals surface area contributed by atoms with Gasteiger partial charge in [-0.15, -0.1) is 0 Å². The van der Waals surface area contributed by atoms with Crippen LogP contribution in [-0.4, -0.2) is 5.11 Å². The van der Waals surface area contributed by atoms with Crippen molar-refractivity contribution in [3.63, 3.8) is 0 Å². The van der Waals surface area contributed by atoms with Gasteiger partial charge in [-0.2, -0.15) is 0 Å². The van der Waals surface area contributed by atoms with Gasteiger partial charge in [0.05, 0.1) is 0 Å². The summed E-state index contributed by atoms with van der Waals surface area (Å²) in [6.45, 7) is 0.